The molecule has 0 unspecified atom stereocenters. The quantitative estimate of drug-likeness (QED) is 0.703. The Morgan fingerprint density at radius 2 is 1.93 bits per heavy atom. The predicted molar refractivity (Wildman–Crippen MR) is 105 cm³/mol. The first-order chi connectivity index (χ1) is 13.4. The van der Waals surface area contributed by atoms with Gasteiger partial charge >= 0.3 is 5.97 Å². The van der Waals surface area contributed by atoms with Crippen LogP contribution >= 0.6 is 11.6 Å². The van der Waals surface area contributed by atoms with Crippen molar-refractivity contribution in [2.45, 2.75) is 43.1 Å². The zero-order valence-corrected chi connectivity index (χ0v) is 16.9. The van der Waals surface area contributed by atoms with Gasteiger partial charge in [-0.05, 0) is 49.9 Å². The fourth-order valence-electron chi connectivity index (χ4n) is 3.08. The lowest BCUT2D eigenvalue weighted by Crippen LogP contribution is -2.21. The zero-order valence-electron chi connectivity index (χ0n) is 15.4. The van der Waals surface area contributed by atoms with Crippen molar-refractivity contribution in [3.8, 4) is 5.75 Å². The highest BCUT2D eigenvalue weighted by atomic mass is 35.5. The van der Waals surface area contributed by atoms with Gasteiger partial charge in [0.15, 0.2) is 0 Å². The van der Waals surface area contributed by atoms with Gasteiger partial charge in [0.1, 0.15) is 16.7 Å². The average molecular weight is 425 g/mol. The fourth-order valence-corrected chi connectivity index (χ4v) is 4.55. The maximum Gasteiger partial charge on any atom is 0.340 e. The summed E-state index contributed by atoms with van der Waals surface area (Å²) in [4.78, 5) is 16.2. The van der Waals surface area contributed by atoms with Gasteiger partial charge in [-0.1, -0.05) is 18.0 Å². The second kappa shape index (κ2) is 8.79. The largest absolute Gasteiger partial charge is 0.495 e. The Morgan fingerprint density at radius 3 is 2.64 bits per heavy atom. The molecular weight excluding hydrogens is 404 g/mol. The summed E-state index contributed by atoms with van der Waals surface area (Å²) < 4.78 is 38.5. The molecule has 28 heavy (non-hydrogen) atoms. The highest BCUT2D eigenvalue weighted by Gasteiger charge is 2.22. The molecule has 7 nitrogen and oxygen atoms in total. The number of rotatable bonds is 6. The maximum atomic E-state index is 12.7. The van der Waals surface area contributed by atoms with E-state index >= 15 is 0 Å². The number of ether oxygens (including phenoxy) is 2. The standard InChI is InChI=1S/C19H21ClN2O5S/c1-26-17-8-7-14(20)10-18(17)28(24,25)22-15-9-13(11-21-12-15)19(23)27-16-5-3-2-4-6-16/h7-12,16,22H,2-6H2,1H3. The minimum absolute atomic E-state index is 0.0997. The van der Waals surface area contributed by atoms with Gasteiger partial charge in [-0.3, -0.25) is 9.71 Å². The van der Waals surface area contributed by atoms with Crippen LogP contribution in [0.25, 0.3) is 0 Å². The number of nitrogens with zero attached hydrogens (tertiary/aromatic N) is 1. The van der Waals surface area contributed by atoms with E-state index in [4.69, 9.17) is 21.1 Å². The van der Waals surface area contributed by atoms with Crippen LogP contribution < -0.4 is 9.46 Å². The molecule has 1 aliphatic rings. The Kier molecular flexibility index (Phi) is 6.41. The molecule has 1 saturated carbocycles. The first kappa shape index (κ1) is 20.4. The summed E-state index contributed by atoms with van der Waals surface area (Å²) in [5.74, 6) is -0.362. The van der Waals surface area contributed by atoms with E-state index < -0.39 is 16.0 Å². The molecule has 0 radical (unpaired) electrons. The number of nitrogens with one attached hydrogen (secondary N) is 1. The minimum atomic E-state index is -4.00. The SMILES string of the molecule is COc1ccc(Cl)cc1S(=O)(=O)Nc1cncc(C(=O)OC2CCCCC2)c1. The number of hydrogen-bond acceptors (Lipinski definition) is 6. The third-order valence-corrected chi connectivity index (χ3v) is 6.10. The summed E-state index contributed by atoms with van der Waals surface area (Å²) in [7, 11) is -2.63. The molecule has 0 spiro atoms. The lowest BCUT2D eigenvalue weighted by atomic mass is 9.98. The van der Waals surface area contributed by atoms with Crippen molar-refractivity contribution in [3.05, 3.63) is 47.2 Å². The maximum absolute atomic E-state index is 12.7. The predicted octanol–water partition coefficient (Wildman–Crippen LogP) is 4.03. The first-order valence-electron chi connectivity index (χ1n) is 8.91. The summed E-state index contributed by atoms with van der Waals surface area (Å²) in [6, 6.07) is 5.68. The summed E-state index contributed by atoms with van der Waals surface area (Å²) >= 11 is 5.92. The smallest absolute Gasteiger partial charge is 0.340 e. The molecule has 150 valence electrons. The molecule has 0 bridgehead atoms. The van der Waals surface area contributed by atoms with E-state index in [1.54, 1.807) is 0 Å². The normalized spacial score (nSPS) is 15.1. The Hall–Kier alpha value is -2.32. The number of hydrogen-bond donors (Lipinski definition) is 1. The van der Waals surface area contributed by atoms with Gasteiger partial charge < -0.3 is 9.47 Å². The van der Waals surface area contributed by atoms with Crippen LogP contribution in [0, 0.1) is 0 Å². The number of pyridine rings is 1. The van der Waals surface area contributed by atoms with Gasteiger partial charge in [0.05, 0.1) is 24.6 Å². The van der Waals surface area contributed by atoms with Crippen molar-refractivity contribution in [1.29, 1.82) is 0 Å². The highest BCUT2D eigenvalue weighted by Crippen LogP contribution is 2.29. The van der Waals surface area contributed by atoms with Gasteiger partial charge in [-0.15, -0.1) is 0 Å². The van der Waals surface area contributed by atoms with E-state index in [0.717, 1.165) is 32.1 Å². The molecule has 1 N–H and O–H groups in total. The summed E-state index contributed by atoms with van der Waals surface area (Å²) in [6.07, 6.45) is 7.49. The number of anilines is 1. The zero-order chi connectivity index (χ0) is 20.1. The van der Waals surface area contributed by atoms with E-state index in [1.807, 2.05) is 0 Å². The molecule has 1 fully saturated rings. The molecule has 2 aromatic rings. The lowest BCUT2D eigenvalue weighted by Gasteiger charge is -2.21. The molecule has 1 aliphatic carbocycles. The third-order valence-electron chi connectivity index (χ3n) is 4.47. The fraction of sp³-hybridized carbons (Fsp3) is 0.368. The molecule has 0 saturated heterocycles. The van der Waals surface area contributed by atoms with Crippen molar-refractivity contribution in [2.75, 3.05) is 11.8 Å². The highest BCUT2D eigenvalue weighted by molar-refractivity contribution is 7.92. The van der Waals surface area contributed by atoms with Crippen LogP contribution in [0.15, 0.2) is 41.6 Å². The van der Waals surface area contributed by atoms with Crippen molar-refractivity contribution >= 4 is 33.3 Å². The second-order valence-corrected chi connectivity index (χ2v) is 8.62. The second-order valence-electron chi connectivity index (χ2n) is 6.53. The molecule has 1 aromatic carbocycles. The van der Waals surface area contributed by atoms with E-state index in [9.17, 15) is 13.2 Å². The summed E-state index contributed by atoms with van der Waals surface area (Å²) in [6.45, 7) is 0. The summed E-state index contributed by atoms with van der Waals surface area (Å²) in [5, 5.41) is 0.254. The van der Waals surface area contributed by atoms with Crippen molar-refractivity contribution in [2.24, 2.45) is 0 Å². The van der Waals surface area contributed by atoms with E-state index in [0.29, 0.717) is 0 Å². The first-order valence-corrected chi connectivity index (χ1v) is 10.8. The molecular formula is C19H21ClN2O5S. The van der Waals surface area contributed by atoms with Crippen molar-refractivity contribution < 1.29 is 22.7 Å². The Morgan fingerprint density at radius 1 is 1.18 bits per heavy atom. The Labute approximate surface area is 169 Å². The number of halogens is 1. The van der Waals surface area contributed by atoms with Crippen molar-refractivity contribution in [3.63, 3.8) is 0 Å². The van der Waals surface area contributed by atoms with Gasteiger partial charge in [0, 0.05) is 11.2 Å². The monoisotopic (exact) mass is 424 g/mol. The van der Waals surface area contributed by atoms with E-state index in [2.05, 4.69) is 9.71 Å². The van der Waals surface area contributed by atoms with Gasteiger partial charge in [0.25, 0.3) is 10.0 Å². The molecule has 9 heteroatoms. The number of sulfonamides is 1. The minimum Gasteiger partial charge on any atom is -0.495 e. The van der Waals surface area contributed by atoms with Gasteiger partial charge in [-0.25, -0.2) is 13.2 Å². The number of carbonyl (C=O) groups excluding carboxylic acids is 1. The number of carbonyl (C=O) groups is 1. The number of methoxy groups -OCH3 is 1. The van der Waals surface area contributed by atoms with Crippen LogP contribution in [-0.2, 0) is 14.8 Å². The van der Waals surface area contributed by atoms with Crippen LogP contribution in [-0.4, -0.2) is 32.6 Å². The van der Waals surface area contributed by atoms with Gasteiger partial charge in [-0.2, -0.15) is 0 Å². The van der Waals surface area contributed by atoms with Crippen LogP contribution in [0.5, 0.6) is 5.75 Å². The van der Waals surface area contributed by atoms with Crippen LogP contribution in [0.1, 0.15) is 42.5 Å². The van der Waals surface area contributed by atoms with Crippen molar-refractivity contribution in [1.82, 2.24) is 4.98 Å². The molecule has 3 rings (SSSR count). The number of benzene rings is 1. The molecule has 1 aromatic heterocycles. The Bertz CT molecular complexity index is 959. The average Bonchev–Trinajstić information content (AvgIpc) is 2.68. The summed E-state index contributed by atoms with van der Waals surface area (Å²) in [5.41, 5.74) is 0.323. The number of esters is 1. The third kappa shape index (κ3) is 4.94. The molecule has 1 heterocycles. The van der Waals surface area contributed by atoms with E-state index in [1.165, 1.54) is 43.8 Å². The van der Waals surface area contributed by atoms with Gasteiger partial charge in [0.2, 0.25) is 0 Å². The lowest BCUT2D eigenvalue weighted by molar-refractivity contribution is 0.0210. The van der Waals surface area contributed by atoms with Crippen LogP contribution in [0.2, 0.25) is 5.02 Å². The topological polar surface area (TPSA) is 94.6 Å². The van der Waals surface area contributed by atoms with E-state index in [-0.39, 0.29) is 33.0 Å². The number of aromatic nitrogens is 1. The molecule has 0 atom stereocenters. The molecule has 0 amide bonds. The molecule has 0 aliphatic heterocycles. The Balaban J connectivity index is 1.78. The van der Waals surface area contributed by atoms with Crippen LogP contribution in [0.3, 0.4) is 0 Å². The van der Waals surface area contributed by atoms with Crippen LogP contribution in [0.4, 0.5) is 5.69 Å².